The minimum Gasteiger partial charge on any atom is -0.335 e. The van der Waals surface area contributed by atoms with Crippen molar-refractivity contribution in [3.8, 4) is 0 Å². The van der Waals surface area contributed by atoms with Crippen molar-refractivity contribution in [1.29, 1.82) is 0 Å². The molecule has 2 N–H and O–H groups in total. The van der Waals surface area contributed by atoms with Crippen molar-refractivity contribution in [3.05, 3.63) is 62.8 Å². The zero-order valence-corrected chi connectivity index (χ0v) is 17.5. The summed E-state index contributed by atoms with van der Waals surface area (Å²) in [5.74, 6) is -0.0447. The summed E-state index contributed by atoms with van der Waals surface area (Å²) in [6, 6.07) is 9.76. The number of carbonyl (C=O) groups excluding carboxylic acids is 1. The van der Waals surface area contributed by atoms with Gasteiger partial charge in [-0.25, -0.2) is 0 Å². The second-order valence-electron chi connectivity index (χ2n) is 7.34. The van der Waals surface area contributed by atoms with Crippen LogP contribution in [0.15, 0.2) is 30.3 Å². The zero-order chi connectivity index (χ0) is 19.8. The van der Waals surface area contributed by atoms with Gasteiger partial charge in [-0.2, -0.15) is 0 Å². The van der Waals surface area contributed by atoms with Crippen LogP contribution in [-0.2, 0) is 24.2 Å². The molecule has 146 valence electrons. The maximum Gasteiger partial charge on any atom is 0.244 e. The van der Waals surface area contributed by atoms with Crippen molar-refractivity contribution in [2.24, 2.45) is 0 Å². The van der Waals surface area contributed by atoms with Crippen LogP contribution in [0.4, 0.5) is 5.69 Å². The van der Waals surface area contributed by atoms with Crippen LogP contribution in [0.1, 0.15) is 22.4 Å². The number of nitrogens with one attached hydrogen (secondary N) is 2. The first kappa shape index (κ1) is 19.3. The third-order valence-electron chi connectivity index (χ3n) is 5.60. The summed E-state index contributed by atoms with van der Waals surface area (Å²) < 4.78 is 2.10. The van der Waals surface area contributed by atoms with E-state index in [0.717, 1.165) is 53.6 Å². The van der Waals surface area contributed by atoms with E-state index in [9.17, 15) is 4.79 Å². The number of aromatic nitrogens is 1. The molecule has 0 radical (unpaired) electrons. The monoisotopic (exact) mass is 415 g/mol. The number of nitrogens with zero attached hydrogens (tertiary/aromatic N) is 1. The van der Waals surface area contributed by atoms with Crippen molar-refractivity contribution in [2.45, 2.75) is 33.2 Å². The highest BCUT2D eigenvalue weighted by molar-refractivity contribution is 6.42. The third kappa shape index (κ3) is 3.52. The van der Waals surface area contributed by atoms with Crippen LogP contribution in [0.3, 0.4) is 0 Å². The molecule has 2 aromatic carbocycles. The molecule has 0 fully saturated rings. The summed E-state index contributed by atoms with van der Waals surface area (Å²) in [7, 11) is 0. The van der Waals surface area contributed by atoms with E-state index in [0.29, 0.717) is 10.0 Å². The molecule has 4 nitrogen and oxygen atoms in total. The van der Waals surface area contributed by atoms with Crippen LogP contribution < -0.4 is 10.6 Å². The summed E-state index contributed by atoms with van der Waals surface area (Å²) in [4.78, 5) is 12.9. The normalized spacial score (nSPS) is 14.0. The lowest BCUT2D eigenvalue weighted by molar-refractivity contribution is -0.116. The molecule has 0 aliphatic carbocycles. The van der Waals surface area contributed by atoms with Crippen LogP contribution in [-0.4, -0.2) is 23.6 Å². The van der Waals surface area contributed by atoms with Gasteiger partial charge in [-0.15, -0.1) is 0 Å². The Morgan fingerprint density at radius 3 is 2.71 bits per heavy atom. The lowest BCUT2D eigenvalue weighted by atomic mass is 10.1. The molecule has 0 bridgehead atoms. The SMILES string of the molecule is Cc1cccc(NC(=O)Cn2c3c(c4cc(Cl)c(Cl)cc42)CCNCC3)c1C. The van der Waals surface area contributed by atoms with E-state index in [-0.39, 0.29) is 12.5 Å². The van der Waals surface area contributed by atoms with Gasteiger partial charge in [0.05, 0.1) is 15.6 Å². The van der Waals surface area contributed by atoms with E-state index in [1.165, 1.54) is 11.3 Å². The summed E-state index contributed by atoms with van der Waals surface area (Å²) in [6.45, 7) is 6.13. The first-order chi connectivity index (χ1) is 13.5. The Labute approximate surface area is 174 Å². The van der Waals surface area contributed by atoms with Gasteiger partial charge in [-0.1, -0.05) is 35.3 Å². The molecular formula is C22H23Cl2N3O. The molecule has 1 aliphatic heterocycles. The number of amides is 1. The number of hydrogen-bond acceptors (Lipinski definition) is 2. The molecular weight excluding hydrogens is 393 g/mol. The van der Waals surface area contributed by atoms with Crippen molar-refractivity contribution < 1.29 is 4.79 Å². The van der Waals surface area contributed by atoms with Gasteiger partial charge in [-0.05, 0) is 61.7 Å². The van der Waals surface area contributed by atoms with E-state index < -0.39 is 0 Å². The number of halogens is 2. The fourth-order valence-electron chi connectivity index (χ4n) is 3.98. The average molecular weight is 416 g/mol. The van der Waals surface area contributed by atoms with Crippen LogP contribution in [0.25, 0.3) is 10.9 Å². The number of fused-ring (bicyclic) bond motifs is 3. The van der Waals surface area contributed by atoms with Crippen LogP contribution >= 0.6 is 23.2 Å². The number of hydrogen-bond donors (Lipinski definition) is 2. The predicted molar refractivity (Wildman–Crippen MR) is 117 cm³/mol. The van der Waals surface area contributed by atoms with E-state index in [1.54, 1.807) is 0 Å². The topological polar surface area (TPSA) is 46.1 Å². The molecule has 1 aliphatic rings. The Bertz CT molecular complexity index is 1070. The fraction of sp³-hybridized carbons (Fsp3) is 0.318. The first-order valence-electron chi connectivity index (χ1n) is 9.51. The number of benzene rings is 2. The van der Waals surface area contributed by atoms with Gasteiger partial charge in [0.25, 0.3) is 0 Å². The van der Waals surface area contributed by atoms with Crippen LogP contribution in [0.5, 0.6) is 0 Å². The highest BCUT2D eigenvalue weighted by Gasteiger charge is 2.21. The Morgan fingerprint density at radius 2 is 1.89 bits per heavy atom. The molecule has 2 heterocycles. The van der Waals surface area contributed by atoms with Gasteiger partial charge in [0, 0.05) is 29.7 Å². The summed E-state index contributed by atoms with van der Waals surface area (Å²) in [5.41, 5.74) is 6.52. The van der Waals surface area contributed by atoms with E-state index in [1.807, 2.05) is 44.2 Å². The van der Waals surface area contributed by atoms with E-state index in [2.05, 4.69) is 15.2 Å². The van der Waals surface area contributed by atoms with Gasteiger partial charge in [0.2, 0.25) is 5.91 Å². The molecule has 0 unspecified atom stereocenters. The van der Waals surface area contributed by atoms with Crippen LogP contribution in [0, 0.1) is 13.8 Å². The lowest BCUT2D eigenvalue weighted by Crippen LogP contribution is -2.22. The van der Waals surface area contributed by atoms with Crippen molar-refractivity contribution in [2.75, 3.05) is 18.4 Å². The minimum absolute atomic E-state index is 0.0447. The van der Waals surface area contributed by atoms with Crippen molar-refractivity contribution in [3.63, 3.8) is 0 Å². The number of rotatable bonds is 3. The maximum atomic E-state index is 12.9. The summed E-state index contributed by atoms with van der Waals surface area (Å²) in [6.07, 6.45) is 1.78. The van der Waals surface area contributed by atoms with E-state index >= 15 is 0 Å². The summed E-state index contributed by atoms with van der Waals surface area (Å²) >= 11 is 12.6. The highest BCUT2D eigenvalue weighted by atomic mass is 35.5. The predicted octanol–water partition coefficient (Wildman–Crippen LogP) is 4.89. The third-order valence-corrected chi connectivity index (χ3v) is 6.32. The number of carbonyl (C=O) groups is 1. The average Bonchev–Trinajstić information content (AvgIpc) is 2.82. The maximum absolute atomic E-state index is 12.9. The molecule has 1 aromatic heterocycles. The molecule has 28 heavy (non-hydrogen) atoms. The van der Waals surface area contributed by atoms with Gasteiger partial charge in [0.15, 0.2) is 0 Å². The lowest BCUT2D eigenvalue weighted by Gasteiger charge is -2.14. The zero-order valence-electron chi connectivity index (χ0n) is 16.0. The standard InChI is InChI=1S/C22H23Cl2N3O/c1-13-4-3-5-19(14(13)2)26-22(28)12-27-20-7-9-25-8-6-15(20)16-10-17(23)18(24)11-21(16)27/h3-5,10-11,25H,6-9,12H2,1-2H3,(H,26,28). The quantitative estimate of drug-likeness (QED) is 0.639. The molecule has 0 saturated carbocycles. The molecule has 0 atom stereocenters. The minimum atomic E-state index is -0.0447. The molecule has 4 rings (SSSR count). The molecule has 6 heteroatoms. The Balaban J connectivity index is 1.73. The highest BCUT2D eigenvalue weighted by Crippen LogP contribution is 2.34. The first-order valence-corrected chi connectivity index (χ1v) is 10.3. The van der Waals surface area contributed by atoms with Gasteiger partial charge in [-0.3, -0.25) is 4.79 Å². The Kier molecular flexibility index (Phi) is 5.37. The van der Waals surface area contributed by atoms with Crippen molar-refractivity contribution >= 4 is 45.7 Å². The molecule has 0 spiro atoms. The number of anilines is 1. The van der Waals surface area contributed by atoms with Crippen LogP contribution in [0.2, 0.25) is 10.0 Å². The smallest absolute Gasteiger partial charge is 0.244 e. The van der Waals surface area contributed by atoms with Gasteiger partial charge < -0.3 is 15.2 Å². The molecule has 1 amide bonds. The second-order valence-corrected chi connectivity index (χ2v) is 8.15. The molecule has 3 aromatic rings. The van der Waals surface area contributed by atoms with Crippen molar-refractivity contribution in [1.82, 2.24) is 9.88 Å². The summed E-state index contributed by atoms with van der Waals surface area (Å²) in [5, 5.41) is 8.65. The molecule has 0 saturated heterocycles. The second kappa shape index (κ2) is 7.78. The Hall–Kier alpha value is -2.01. The Morgan fingerprint density at radius 1 is 1.14 bits per heavy atom. The fourth-order valence-corrected chi connectivity index (χ4v) is 4.30. The number of aryl methyl sites for hydroxylation is 1. The van der Waals surface area contributed by atoms with Gasteiger partial charge >= 0.3 is 0 Å². The largest absolute Gasteiger partial charge is 0.335 e. The van der Waals surface area contributed by atoms with Gasteiger partial charge in [0.1, 0.15) is 6.54 Å². The van der Waals surface area contributed by atoms with E-state index in [4.69, 9.17) is 23.2 Å².